The molecule has 4 aliphatic carbocycles. The SMILES string of the molecule is C/C=C(\C)C(=O)O[C@H]1[C@@]2(C)C[C@]3(O)[C@@]1(O)[C@H]1O[C@@]4(C(C)CC)O[C@@]5(CC[C@]6(C)C(=CC(=O)O[C@H]6c6ccoc6)[C@@]15O4)[C@]3(C)[C@H]2[C@@H](OC(C)=O)C(=O)OC. The number of cyclic esters (lactones) is 1. The molecule has 14 heteroatoms. The quantitative estimate of drug-likeness (QED) is 0.223. The number of aliphatic hydroxyl groups is 2. The van der Waals surface area contributed by atoms with E-state index in [0.29, 0.717) is 24.0 Å². The highest BCUT2D eigenvalue weighted by Crippen LogP contribution is 2.88. The largest absolute Gasteiger partial charge is 0.472 e. The van der Waals surface area contributed by atoms with Crippen molar-refractivity contribution in [2.75, 3.05) is 7.11 Å². The van der Waals surface area contributed by atoms with Gasteiger partial charge in [-0.25, -0.2) is 14.4 Å². The zero-order valence-electron chi connectivity index (χ0n) is 31.5. The summed E-state index contributed by atoms with van der Waals surface area (Å²) in [6, 6.07) is 1.71. The van der Waals surface area contributed by atoms with E-state index < -0.39 is 105 Å². The highest BCUT2D eigenvalue weighted by atomic mass is 17.0. The van der Waals surface area contributed by atoms with Gasteiger partial charge in [-0.3, -0.25) is 4.79 Å². The van der Waals surface area contributed by atoms with Gasteiger partial charge in [0, 0.05) is 52.2 Å². The van der Waals surface area contributed by atoms with Gasteiger partial charge in [0.15, 0.2) is 11.2 Å². The van der Waals surface area contributed by atoms with E-state index in [1.54, 1.807) is 39.8 Å². The molecule has 2 saturated heterocycles. The predicted molar refractivity (Wildman–Crippen MR) is 179 cm³/mol. The van der Waals surface area contributed by atoms with Crippen LogP contribution in [0.4, 0.5) is 0 Å². The number of ether oxygens (including phenoxy) is 7. The second kappa shape index (κ2) is 10.8. The summed E-state index contributed by atoms with van der Waals surface area (Å²) in [7, 11) is 1.16. The van der Waals surface area contributed by atoms with Gasteiger partial charge in [0.25, 0.3) is 5.97 Å². The molecule has 14 nitrogen and oxygen atoms in total. The second-order valence-electron chi connectivity index (χ2n) is 16.9. The molecule has 4 saturated carbocycles. The van der Waals surface area contributed by atoms with Gasteiger partial charge in [-0.1, -0.05) is 40.7 Å². The first-order valence-electron chi connectivity index (χ1n) is 18.4. The minimum atomic E-state index is -2.44. The van der Waals surface area contributed by atoms with E-state index in [0.717, 1.165) is 14.0 Å². The lowest BCUT2D eigenvalue weighted by molar-refractivity contribution is -0.457. The summed E-state index contributed by atoms with van der Waals surface area (Å²) in [4.78, 5) is 54.3. The third kappa shape index (κ3) is 3.73. The Morgan fingerprint density at radius 1 is 1.11 bits per heavy atom. The van der Waals surface area contributed by atoms with Crippen LogP contribution in [0, 0.1) is 28.1 Å². The van der Waals surface area contributed by atoms with E-state index in [1.165, 1.54) is 18.6 Å². The van der Waals surface area contributed by atoms with Crippen molar-refractivity contribution >= 4 is 23.9 Å². The maximum Gasteiger partial charge on any atom is 0.347 e. The van der Waals surface area contributed by atoms with Crippen LogP contribution < -0.4 is 0 Å². The first-order valence-corrected chi connectivity index (χ1v) is 18.4. The zero-order valence-corrected chi connectivity index (χ0v) is 31.5. The van der Waals surface area contributed by atoms with Crippen molar-refractivity contribution in [2.45, 2.75) is 134 Å². The maximum atomic E-state index is 13.9. The molecule has 288 valence electrons. The molecule has 1 aromatic heterocycles. The predicted octanol–water partition coefficient (Wildman–Crippen LogP) is 3.73. The fourth-order valence-corrected chi connectivity index (χ4v) is 12.3. The fraction of sp³-hybridized carbons (Fsp3) is 0.692. The summed E-state index contributed by atoms with van der Waals surface area (Å²) in [6.07, 6.45) is 1.11. The molecule has 7 aliphatic rings. The standard InChI is InChI=1S/C39H48O14/c1-10-19(3)28(42)50-30-33(7)18-35(44)34(8,26(33)25(29(43)46-9)48-21(5)40)36-14-13-32(6)23(16-24(41)49-27(32)22-12-15-47-17-22)38(36)31(37(30,35)45)51-39(52-36,53-38)20(4)11-2/h10,12,15-17,20,25-27,30-31,44-45H,11,13-14,18H2,1-9H3/b19-10+/t20?,25-,26+,27+,30+,31-,32-,33+,34-,35-,36+,37+,38-,39+/m1/s1. The molecular formula is C39H48O14. The van der Waals surface area contributed by atoms with E-state index in [9.17, 15) is 29.4 Å². The molecule has 1 aromatic rings. The lowest BCUT2D eigenvalue weighted by atomic mass is 9.34. The molecule has 3 aliphatic heterocycles. The Bertz CT molecular complexity index is 1870. The molecule has 0 aromatic carbocycles. The van der Waals surface area contributed by atoms with Gasteiger partial charge in [-0.2, -0.15) is 0 Å². The second-order valence-corrected chi connectivity index (χ2v) is 16.9. The molecule has 14 atom stereocenters. The summed E-state index contributed by atoms with van der Waals surface area (Å²) in [5.74, 6) is -6.66. The van der Waals surface area contributed by atoms with Crippen molar-refractivity contribution in [2.24, 2.45) is 28.1 Å². The van der Waals surface area contributed by atoms with Crippen LogP contribution in [0.3, 0.4) is 0 Å². The van der Waals surface area contributed by atoms with E-state index in [-0.39, 0.29) is 18.4 Å². The normalized spacial score (nSPS) is 48.2. The molecular weight excluding hydrogens is 692 g/mol. The lowest BCUT2D eigenvalue weighted by Crippen LogP contribution is -2.92. The Morgan fingerprint density at radius 3 is 2.43 bits per heavy atom. The average molecular weight is 741 g/mol. The number of fused-ring (bicyclic) bond motifs is 4. The number of hydrogen-bond donors (Lipinski definition) is 2. The first kappa shape index (κ1) is 36.4. The van der Waals surface area contributed by atoms with Gasteiger partial charge < -0.3 is 47.8 Å². The summed E-state index contributed by atoms with van der Waals surface area (Å²) in [5.41, 5.74) is -11.1. The molecule has 0 amide bonds. The third-order valence-electron chi connectivity index (χ3n) is 14.8. The number of carbonyl (C=O) groups is 4. The van der Waals surface area contributed by atoms with Gasteiger partial charge in [-0.15, -0.1) is 0 Å². The van der Waals surface area contributed by atoms with Crippen molar-refractivity contribution < 1.29 is 67.0 Å². The monoisotopic (exact) mass is 740 g/mol. The van der Waals surface area contributed by atoms with Crippen LogP contribution in [0.2, 0.25) is 0 Å². The van der Waals surface area contributed by atoms with Crippen LogP contribution in [-0.4, -0.2) is 87.9 Å². The summed E-state index contributed by atoms with van der Waals surface area (Å²) in [6.45, 7) is 13.5. The van der Waals surface area contributed by atoms with Gasteiger partial charge in [0.2, 0.25) is 6.10 Å². The van der Waals surface area contributed by atoms with Crippen molar-refractivity contribution in [3.05, 3.63) is 47.5 Å². The molecule has 2 N–H and O–H groups in total. The minimum Gasteiger partial charge on any atom is -0.472 e. The Kier molecular flexibility index (Phi) is 7.43. The minimum absolute atomic E-state index is 0.155. The van der Waals surface area contributed by atoms with E-state index in [2.05, 4.69) is 0 Å². The van der Waals surface area contributed by atoms with Gasteiger partial charge in [0.05, 0.1) is 19.6 Å². The molecule has 4 heterocycles. The Labute approximate surface area is 307 Å². The van der Waals surface area contributed by atoms with Gasteiger partial charge in [-0.05, 0) is 51.2 Å². The number of allylic oxidation sites excluding steroid dienone is 1. The number of methoxy groups -OCH3 is 1. The van der Waals surface area contributed by atoms with Crippen molar-refractivity contribution in [3.8, 4) is 0 Å². The van der Waals surface area contributed by atoms with E-state index in [1.807, 2.05) is 20.8 Å². The smallest absolute Gasteiger partial charge is 0.347 e. The highest BCUT2D eigenvalue weighted by Gasteiger charge is 3.03. The maximum absolute atomic E-state index is 13.9. The molecule has 1 spiro atoms. The van der Waals surface area contributed by atoms with Crippen LogP contribution in [0.25, 0.3) is 0 Å². The zero-order chi connectivity index (χ0) is 38.5. The van der Waals surface area contributed by atoms with E-state index in [4.69, 9.17) is 37.6 Å². The number of furan rings is 1. The Morgan fingerprint density at radius 2 is 1.83 bits per heavy atom. The molecule has 53 heavy (non-hydrogen) atoms. The molecule has 6 fully saturated rings. The molecule has 8 rings (SSSR count). The van der Waals surface area contributed by atoms with E-state index >= 15 is 0 Å². The summed E-state index contributed by atoms with van der Waals surface area (Å²) < 4.78 is 50.3. The first-order chi connectivity index (χ1) is 24.8. The lowest BCUT2D eigenvalue weighted by Gasteiger charge is -2.75. The van der Waals surface area contributed by atoms with Crippen molar-refractivity contribution in [1.82, 2.24) is 0 Å². The fourth-order valence-electron chi connectivity index (χ4n) is 12.3. The third-order valence-corrected chi connectivity index (χ3v) is 14.8. The summed E-state index contributed by atoms with van der Waals surface area (Å²) >= 11 is 0. The average Bonchev–Trinajstić information content (AvgIpc) is 3.90. The van der Waals surface area contributed by atoms with Crippen molar-refractivity contribution in [1.29, 1.82) is 0 Å². The van der Waals surface area contributed by atoms with Crippen LogP contribution in [0.5, 0.6) is 0 Å². The number of hydrogen-bond acceptors (Lipinski definition) is 14. The molecule has 4 bridgehead atoms. The van der Waals surface area contributed by atoms with Crippen molar-refractivity contribution in [3.63, 3.8) is 0 Å². The topological polar surface area (TPSA) is 186 Å². The number of esters is 4. The number of carbonyl (C=O) groups excluding carboxylic acids is 4. The van der Waals surface area contributed by atoms with Gasteiger partial charge >= 0.3 is 23.9 Å². The van der Waals surface area contributed by atoms with Crippen LogP contribution in [0.15, 0.2) is 46.3 Å². The summed E-state index contributed by atoms with van der Waals surface area (Å²) in [5, 5.41) is 27.3. The number of rotatable bonds is 8. The Balaban J connectivity index is 1.47. The highest BCUT2D eigenvalue weighted by molar-refractivity contribution is 5.88. The molecule has 0 radical (unpaired) electrons. The molecule has 1 unspecified atom stereocenters. The Hall–Kier alpha value is -3.56. The van der Waals surface area contributed by atoms with Gasteiger partial charge in [0.1, 0.15) is 29.5 Å². The van der Waals surface area contributed by atoms with Crippen LogP contribution in [-0.2, 0) is 52.3 Å². The van der Waals surface area contributed by atoms with Crippen LogP contribution >= 0.6 is 0 Å². The van der Waals surface area contributed by atoms with Crippen LogP contribution in [0.1, 0.15) is 92.7 Å².